The van der Waals surface area contributed by atoms with Crippen molar-refractivity contribution in [2.45, 2.75) is 51.0 Å². The molecule has 0 saturated heterocycles. The number of pyridine rings is 1. The van der Waals surface area contributed by atoms with Crippen LogP contribution in [0.15, 0.2) is 55.0 Å². The SMILES string of the molecule is Cn1ccc(-c2cc(OS(=O)(=O)C(F)(F)F)cc3c2cnn3-c2cccc(CO[Si](C)(C)C(C)(C)C)n2)c1. The van der Waals surface area contributed by atoms with Gasteiger partial charge in [0.1, 0.15) is 5.75 Å². The molecule has 0 N–H and O–H groups in total. The predicted octanol–water partition coefficient (Wildman–Crippen LogP) is 6.18. The van der Waals surface area contributed by atoms with Gasteiger partial charge < -0.3 is 13.2 Å². The molecule has 0 spiro atoms. The van der Waals surface area contributed by atoms with E-state index in [1.165, 1.54) is 16.8 Å². The lowest BCUT2D eigenvalue weighted by Crippen LogP contribution is -2.40. The van der Waals surface area contributed by atoms with Crippen molar-refractivity contribution >= 4 is 29.3 Å². The number of hydrogen-bond acceptors (Lipinski definition) is 6. The molecule has 0 unspecified atom stereocenters. The fraction of sp³-hybridized carbons (Fsp3) is 0.360. The third-order valence-corrected chi connectivity index (χ3v) is 12.1. The van der Waals surface area contributed by atoms with E-state index >= 15 is 0 Å². The van der Waals surface area contributed by atoms with Crippen LogP contribution in [0.3, 0.4) is 0 Å². The van der Waals surface area contributed by atoms with Crippen molar-refractivity contribution in [3.8, 4) is 22.7 Å². The Morgan fingerprint density at radius 2 is 1.79 bits per heavy atom. The van der Waals surface area contributed by atoms with Crippen LogP contribution in [0.1, 0.15) is 26.5 Å². The topological polar surface area (TPSA) is 88.2 Å². The van der Waals surface area contributed by atoms with E-state index in [9.17, 15) is 21.6 Å². The monoisotopic (exact) mass is 566 g/mol. The molecule has 0 bridgehead atoms. The number of alkyl halides is 3. The third-order valence-electron chi connectivity index (χ3n) is 6.69. The Balaban J connectivity index is 1.80. The predicted molar refractivity (Wildman–Crippen MR) is 141 cm³/mol. The smallest absolute Gasteiger partial charge is 0.411 e. The first-order chi connectivity index (χ1) is 17.5. The van der Waals surface area contributed by atoms with Crippen molar-refractivity contribution in [3.05, 3.63) is 60.7 Å². The highest BCUT2D eigenvalue weighted by Gasteiger charge is 2.48. The van der Waals surface area contributed by atoms with Gasteiger partial charge in [-0.2, -0.15) is 26.7 Å². The number of aromatic nitrogens is 4. The zero-order chi connectivity index (χ0) is 28.1. The van der Waals surface area contributed by atoms with E-state index in [1.54, 1.807) is 48.4 Å². The Hall–Kier alpha value is -3.16. The van der Waals surface area contributed by atoms with Crippen molar-refractivity contribution in [1.82, 2.24) is 19.3 Å². The first-order valence-electron chi connectivity index (χ1n) is 11.7. The van der Waals surface area contributed by atoms with Gasteiger partial charge in [-0.05, 0) is 48.0 Å². The fourth-order valence-corrected chi connectivity index (χ4v) is 4.93. The summed E-state index contributed by atoms with van der Waals surface area (Å²) in [6, 6.07) is 9.52. The second kappa shape index (κ2) is 9.54. The molecule has 3 heterocycles. The highest BCUT2D eigenvalue weighted by Crippen LogP contribution is 2.38. The van der Waals surface area contributed by atoms with Crippen LogP contribution in [0.5, 0.6) is 5.75 Å². The molecule has 0 atom stereocenters. The van der Waals surface area contributed by atoms with Crippen LogP contribution in [0.4, 0.5) is 13.2 Å². The summed E-state index contributed by atoms with van der Waals surface area (Å²) in [6.45, 7) is 11.0. The minimum Gasteiger partial charge on any atom is -0.411 e. The van der Waals surface area contributed by atoms with Gasteiger partial charge in [0, 0.05) is 36.5 Å². The highest BCUT2D eigenvalue weighted by molar-refractivity contribution is 7.88. The van der Waals surface area contributed by atoms with Crippen LogP contribution < -0.4 is 4.18 Å². The van der Waals surface area contributed by atoms with Crippen LogP contribution >= 0.6 is 0 Å². The average molecular weight is 567 g/mol. The first-order valence-corrected chi connectivity index (χ1v) is 16.1. The molecule has 0 fully saturated rings. The molecule has 0 saturated carbocycles. The molecule has 8 nitrogen and oxygen atoms in total. The Bertz CT molecular complexity index is 1590. The van der Waals surface area contributed by atoms with Gasteiger partial charge in [-0.15, -0.1) is 0 Å². The van der Waals surface area contributed by atoms with E-state index in [0.717, 1.165) is 0 Å². The number of benzene rings is 1. The molecule has 3 aromatic heterocycles. The third kappa shape index (κ3) is 5.49. The summed E-state index contributed by atoms with van der Waals surface area (Å²) in [4.78, 5) is 4.66. The first kappa shape index (κ1) is 27.9. The minimum absolute atomic E-state index is 0.0176. The lowest BCUT2D eigenvalue weighted by atomic mass is 10.0. The summed E-state index contributed by atoms with van der Waals surface area (Å²) in [6.07, 6.45) is 5.07. The van der Waals surface area contributed by atoms with Gasteiger partial charge in [-0.3, -0.25) is 0 Å². The largest absolute Gasteiger partial charge is 0.534 e. The zero-order valence-electron chi connectivity index (χ0n) is 21.9. The van der Waals surface area contributed by atoms with E-state index in [4.69, 9.17) is 4.43 Å². The van der Waals surface area contributed by atoms with Gasteiger partial charge in [0.25, 0.3) is 0 Å². The van der Waals surface area contributed by atoms with Gasteiger partial charge in [0.15, 0.2) is 14.1 Å². The lowest BCUT2D eigenvalue weighted by molar-refractivity contribution is -0.0500. The van der Waals surface area contributed by atoms with Crippen LogP contribution in [0, 0.1) is 0 Å². The Kier molecular flexibility index (Phi) is 7.00. The summed E-state index contributed by atoms with van der Waals surface area (Å²) in [7, 11) is -6.12. The van der Waals surface area contributed by atoms with Crippen molar-refractivity contribution < 1.29 is 30.2 Å². The summed E-state index contributed by atoms with van der Waals surface area (Å²) in [5, 5.41) is 5.02. The minimum atomic E-state index is -5.88. The maximum absolute atomic E-state index is 13.1. The molecule has 0 radical (unpaired) electrons. The highest BCUT2D eigenvalue weighted by atomic mass is 32.2. The van der Waals surface area contributed by atoms with Gasteiger partial charge in [-0.1, -0.05) is 26.8 Å². The summed E-state index contributed by atoms with van der Waals surface area (Å²) in [5.41, 5.74) is -3.48. The van der Waals surface area contributed by atoms with Gasteiger partial charge in [-0.25, -0.2) is 9.67 Å². The molecule has 1 aromatic carbocycles. The summed E-state index contributed by atoms with van der Waals surface area (Å²) < 4.78 is 76.7. The maximum atomic E-state index is 13.1. The van der Waals surface area contributed by atoms with E-state index in [1.807, 2.05) is 6.07 Å². The second-order valence-electron chi connectivity index (χ2n) is 10.5. The number of hydrogen-bond donors (Lipinski definition) is 0. The molecule has 4 rings (SSSR count). The zero-order valence-corrected chi connectivity index (χ0v) is 23.7. The van der Waals surface area contributed by atoms with Crippen molar-refractivity contribution in [2.24, 2.45) is 7.05 Å². The quantitative estimate of drug-likeness (QED) is 0.151. The molecule has 0 aliphatic rings. The van der Waals surface area contributed by atoms with E-state index in [0.29, 0.717) is 33.5 Å². The Labute approximate surface area is 220 Å². The standard InChI is InChI=1S/C25H29F3N4O4SSi/c1-24(2,3)38(5,6)35-16-18-8-7-9-23(30-18)32-22-13-19(36-37(33,34)25(26,27)28)12-20(21(22)14-29-32)17-10-11-31(4)15-17/h7-15H,16H2,1-6H3. The summed E-state index contributed by atoms with van der Waals surface area (Å²) in [5.74, 6) is -0.0981. The lowest BCUT2D eigenvalue weighted by Gasteiger charge is -2.36. The molecule has 0 aliphatic carbocycles. The van der Waals surface area contributed by atoms with Crippen LogP contribution in [-0.4, -0.2) is 41.6 Å². The van der Waals surface area contributed by atoms with Crippen molar-refractivity contribution in [3.63, 3.8) is 0 Å². The van der Waals surface area contributed by atoms with Gasteiger partial charge >= 0.3 is 15.6 Å². The van der Waals surface area contributed by atoms with E-state index in [2.05, 4.69) is 48.1 Å². The second-order valence-corrected chi connectivity index (χ2v) is 16.9. The number of nitrogens with zero attached hydrogens (tertiary/aromatic N) is 4. The molecule has 4 aromatic rings. The van der Waals surface area contributed by atoms with Crippen molar-refractivity contribution in [2.75, 3.05) is 0 Å². The molecular formula is C25H29F3N4O4SSi. The number of fused-ring (bicyclic) bond motifs is 1. The Morgan fingerprint density at radius 1 is 1.08 bits per heavy atom. The molecular weight excluding hydrogens is 537 g/mol. The fourth-order valence-electron chi connectivity index (χ4n) is 3.54. The molecule has 38 heavy (non-hydrogen) atoms. The number of aryl methyl sites for hydroxylation is 1. The summed E-state index contributed by atoms with van der Waals surface area (Å²) >= 11 is 0. The number of rotatable bonds is 7. The van der Waals surface area contributed by atoms with Crippen LogP contribution in [0.2, 0.25) is 18.1 Å². The van der Waals surface area contributed by atoms with Crippen LogP contribution in [0.25, 0.3) is 27.8 Å². The van der Waals surface area contributed by atoms with Crippen molar-refractivity contribution in [1.29, 1.82) is 0 Å². The molecule has 13 heteroatoms. The van der Waals surface area contributed by atoms with E-state index in [-0.39, 0.29) is 11.6 Å². The number of halogens is 3. The van der Waals surface area contributed by atoms with E-state index < -0.39 is 29.7 Å². The Morgan fingerprint density at radius 3 is 2.39 bits per heavy atom. The maximum Gasteiger partial charge on any atom is 0.534 e. The molecule has 204 valence electrons. The molecule has 0 amide bonds. The average Bonchev–Trinajstić information content (AvgIpc) is 3.42. The molecule has 0 aliphatic heterocycles. The van der Waals surface area contributed by atoms with Crippen LogP contribution in [-0.2, 0) is 28.2 Å². The van der Waals surface area contributed by atoms with Gasteiger partial charge in [0.05, 0.1) is 24.0 Å². The van der Waals surface area contributed by atoms with Gasteiger partial charge in [0.2, 0.25) is 0 Å². The normalized spacial score (nSPS) is 13.3.